The first-order valence-corrected chi connectivity index (χ1v) is 8.22. The molecule has 1 aliphatic carbocycles. The van der Waals surface area contributed by atoms with Gasteiger partial charge in [-0.3, -0.25) is 9.59 Å². The third-order valence-corrected chi connectivity index (χ3v) is 5.48. The molecule has 2 heterocycles. The Kier molecular flexibility index (Phi) is 4.20. The van der Waals surface area contributed by atoms with Gasteiger partial charge in [-0.25, -0.2) is 0 Å². The molecule has 0 aromatic carbocycles. The molecular weight excluding hydrogens is 268 g/mol. The van der Waals surface area contributed by atoms with Crippen molar-refractivity contribution in [1.82, 2.24) is 10.2 Å². The van der Waals surface area contributed by atoms with Crippen molar-refractivity contribution in [3.8, 4) is 0 Å². The number of nitrogens with one attached hydrogen (secondary N) is 1. The molecule has 1 unspecified atom stereocenters. The van der Waals surface area contributed by atoms with Gasteiger partial charge in [-0.2, -0.15) is 0 Å². The second kappa shape index (κ2) is 5.95. The Morgan fingerprint density at radius 3 is 2.57 bits per heavy atom. The molecule has 0 aromatic heterocycles. The first kappa shape index (κ1) is 14.8. The molecule has 5 heteroatoms. The smallest absolute Gasteiger partial charge is 0.220 e. The number of carbonyl (C=O) groups excluding carboxylic acids is 2. The van der Waals surface area contributed by atoms with Crippen LogP contribution >= 0.6 is 0 Å². The molecule has 2 aliphatic heterocycles. The Bertz CT molecular complexity index is 412. The van der Waals surface area contributed by atoms with Crippen molar-refractivity contribution in [3.63, 3.8) is 0 Å². The van der Waals surface area contributed by atoms with E-state index in [-0.39, 0.29) is 23.3 Å². The second-order valence-corrected chi connectivity index (χ2v) is 6.96. The van der Waals surface area contributed by atoms with Gasteiger partial charge in [0.1, 0.15) is 0 Å². The van der Waals surface area contributed by atoms with Crippen molar-refractivity contribution < 1.29 is 14.3 Å². The van der Waals surface area contributed by atoms with Gasteiger partial charge in [0, 0.05) is 33.0 Å². The zero-order valence-corrected chi connectivity index (χ0v) is 12.9. The predicted molar refractivity (Wildman–Crippen MR) is 78.6 cm³/mol. The molecule has 1 saturated carbocycles. The highest BCUT2D eigenvalue weighted by Gasteiger charge is 2.44. The fourth-order valence-corrected chi connectivity index (χ4v) is 3.73. The number of nitrogens with zero attached hydrogens (tertiary/aromatic N) is 1. The maximum Gasteiger partial charge on any atom is 0.220 e. The van der Waals surface area contributed by atoms with Gasteiger partial charge >= 0.3 is 0 Å². The molecule has 2 saturated heterocycles. The molecule has 0 aromatic rings. The van der Waals surface area contributed by atoms with E-state index in [2.05, 4.69) is 5.32 Å². The molecule has 3 aliphatic rings. The van der Waals surface area contributed by atoms with Gasteiger partial charge in [0.05, 0.1) is 12.6 Å². The van der Waals surface area contributed by atoms with Gasteiger partial charge in [0.15, 0.2) is 0 Å². The Labute approximate surface area is 126 Å². The monoisotopic (exact) mass is 294 g/mol. The summed E-state index contributed by atoms with van der Waals surface area (Å²) in [5, 5.41) is 3.23. The van der Waals surface area contributed by atoms with E-state index in [0.29, 0.717) is 18.9 Å². The third-order valence-electron chi connectivity index (χ3n) is 5.48. The van der Waals surface area contributed by atoms with Crippen LogP contribution in [0.3, 0.4) is 0 Å². The SMILES string of the molecule is CC(=O)N1CCC2(CCOCC2NC(=O)CC2CC2)CC1. The summed E-state index contributed by atoms with van der Waals surface area (Å²) in [7, 11) is 0. The summed E-state index contributed by atoms with van der Waals surface area (Å²) in [6.45, 7) is 4.65. The summed E-state index contributed by atoms with van der Waals surface area (Å²) in [4.78, 5) is 25.5. The lowest BCUT2D eigenvalue weighted by Crippen LogP contribution is -2.58. The van der Waals surface area contributed by atoms with E-state index >= 15 is 0 Å². The van der Waals surface area contributed by atoms with Crippen LogP contribution in [0.25, 0.3) is 0 Å². The zero-order chi connectivity index (χ0) is 14.9. The van der Waals surface area contributed by atoms with Crippen LogP contribution in [0.1, 0.15) is 45.4 Å². The summed E-state index contributed by atoms with van der Waals surface area (Å²) in [6, 6.07) is 0.117. The maximum absolute atomic E-state index is 12.1. The van der Waals surface area contributed by atoms with Gasteiger partial charge in [-0.05, 0) is 43.4 Å². The molecule has 1 spiro atoms. The lowest BCUT2D eigenvalue weighted by Gasteiger charge is -2.49. The van der Waals surface area contributed by atoms with Crippen LogP contribution in [-0.2, 0) is 14.3 Å². The summed E-state index contributed by atoms with van der Waals surface area (Å²) in [6.07, 6.45) is 6.02. The van der Waals surface area contributed by atoms with Crippen LogP contribution in [0.2, 0.25) is 0 Å². The molecule has 0 radical (unpaired) electrons. The van der Waals surface area contributed by atoms with E-state index < -0.39 is 0 Å². The van der Waals surface area contributed by atoms with E-state index in [1.807, 2.05) is 4.90 Å². The van der Waals surface area contributed by atoms with Crippen LogP contribution in [-0.4, -0.2) is 49.1 Å². The number of rotatable bonds is 3. The van der Waals surface area contributed by atoms with Crippen molar-refractivity contribution in [2.24, 2.45) is 11.3 Å². The minimum Gasteiger partial charge on any atom is -0.379 e. The topological polar surface area (TPSA) is 58.6 Å². The van der Waals surface area contributed by atoms with Crippen LogP contribution in [0.5, 0.6) is 0 Å². The predicted octanol–water partition coefficient (Wildman–Crippen LogP) is 1.32. The maximum atomic E-state index is 12.1. The Hall–Kier alpha value is -1.10. The number of likely N-dealkylation sites (tertiary alicyclic amines) is 1. The minimum atomic E-state index is 0.117. The van der Waals surface area contributed by atoms with Crippen molar-refractivity contribution in [2.75, 3.05) is 26.3 Å². The van der Waals surface area contributed by atoms with Crippen LogP contribution in [0, 0.1) is 11.3 Å². The highest BCUT2D eigenvalue weighted by molar-refractivity contribution is 5.77. The largest absolute Gasteiger partial charge is 0.379 e. The molecule has 2 amide bonds. The third kappa shape index (κ3) is 3.39. The number of hydrogen-bond donors (Lipinski definition) is 1. The van der Waals surface area contributed by atoms with E-state index in [9.17, 15) is 9.59 Å². The Morgan fingerprint density at radius 1 is 1.24 bits per heavy atom. The number of carbonyl (C=O) groups is 2. The van der Waals surface area contributed by atoms with Gasteiger partial charge in [-0.1, -0.05) is 0 Å². The lowest BCUT2D eigenvalue weighted by molar-refractivity contribution is -0.135. The van der Waals surface area contributed by atoms with E-state index in [0.717, 1.165) is 39.0 Å². The summed E-state index contributed by atoms with van der Waals surface area (Å²) < 4.78 is 5.61. The second-order valence-electron chi connectivity index (χ2n) is 6.96. The average Bonchev–Trinajstić information content (AvgIpc) is 3.26. The quantitative estimate of drug-likeness (QED) is 0.854. The van der Waals surface area contributed by atoms with Crippen molar-refractivity contribution in [2.45, 2.75) is 51.5 Å². The van der Waals surface area contributed by atoms with Gasteiger partial charge in [-0.15, -0.1) is 0 Å². The van der Waals surface area contributed by atoms with Crippen LogP contribution in [0.15, 0.2) is 0 Å². The molecular formula is C16H26N2O3. The molecule has 118 valence electrons. The van der Waals surface area contributed by atoms with Crippen LogP contribution in [0.4, 0.5) is 0 Å². The fourth-order valence-electron chi connectivity index (χ4n) is 3.73. The average molecular weight is 294 g/mol. The number of ether oxygens (including phenoxy) is 1. The fraction of sp³-hybridized carbons (Fsp3) is 0.875. The molecule has 21 heavy (non-hydrogen) atoms. The van der Waals surface area contributed by atoms with E-state index in [1.165, 1.54) is 12.8 Å². The normalized spacial score (nSPS) is 28.4. The molecule has 3 rings (SSSR count). The van der Waals surface area contributed by atoms with Crippen molar-refractivity contribution in [3.05, 3.63) is 0 Å². The van der Waals surface area contributed by atoms with Gasteiger partial charge in [0.25, 0.3) is 0 Å². The Morgan fingerprint density at radius 2 is 1.95 bits per heavy atom. The summed E-state index contributed by atoms with van der Waals surface area (Å²) in [5.74, 6) is 0.956. The molecule has 3 fully saturated rings. The zero-order valence-electron chi connectivity index (χ0n) is 12.9. The minimum absolute atomic E-state index is 0.117. The standard InChI is InChI=1S/C16H26N2O3/c1-12(19)18-7-4-16(5-8-18)6-9-21-11-14(16)17-15(20)10-13-2-3-13/h13-14H,2-11H2,1H3,(H,17,20). The highest BCUT2D eigenvalue weighted by Crippen LogP contribution is 2.41. The van der Waals surface area contributed by atoms with E-state index in [4.69, 9.17) is 4.74 Å². The van der Waals surface area contributed by atoms with Crippen molar-refractivity contribution in [1.29, 1.82) is 0 Å². The number of hydrogen-bond acceptors (Lipinski definition) is 3. The van der Waals surface area contributed by atoms with E-state index in [1.54, 1.807) is 6.92 Å². The molecule has 0 bridgehead atoms. The van der Waals surface area contributed by atoms with Gasteiger partial charge < -0.3 is 15.0 Å². The number of piperidine rings is 1. The highest BCUT2D eigenvalue weighted by atomic mass is 16.5. The first-order valence-electron chi connectivity index (χ1n) is 8.22. The first-order chi connectivity index (χ1) is 10.1. The van der Waals surface area contributed by atoms with Gasteiger partial charge in [0.2, 0.25) is 11.8 Å². The molecule has 5 nitrogen and oxygen atoms in total. The van der Waals surface area contributed by atoms with Crippen molar-refractivity contribution >= 4 is 11.8 Å². The summed E-state index contributed by atoms with van der Waals surface area (Å²) in [5.41, 5.74) is 0.128. The molecule has 1 atom stereocenters. The molecule has 1 N–H and O–H groups in total. The number of amides is 2. The Balaban J connectivity index is 1.60. The van der Waals surface area contributed by atoms with Crippen LogP contribution < -0.4 is 5.32 Å². The lowest BCUT2D eigenvalue weighted by atomic mass is 9.69. The summed E-state index contributed by atoms with van der Waals surface area (Å²) >= 11 is 0.